The molecule has 0 amide bonds. The first-order chi connectivity index (χ1) is 8.56. The minimum absolute atomic E-state index is 0.0476. The summed E-state index contributed by atoms with van der Waals surface area (Å²) >= 11 is 0. The predicted octanol–water partition coefficient (Wildman–Crippen LogP) is 2.41. The zero-order valence-electron chi connectivity index (χ0n) is 11.2. The van der Waals surface area contributed by atoms with E-state index < -0.39 is 0 Å². The molecule has 0 spiro atoms. The molecule has 2 aromatic rings. The van der Waals surface area contributed by atoms with Gasteiger partial charge in [-0.15, -0.1) is 0 Å². The van der Waals surface area contributed by atoms with Crippen molar-refractivity contribution in [2.24, 2.45) is 5.73 Å². The van der Waals surface area contributed by atoms with Gasteiger partial charge in [-0.3, -0.25) is 9.67 Å². The summed E-state index contributed by atoms with van der Waals surface area (Å²) in [5.74, 6) is 0. The molecule has 96 valence electrons. The molecule has 2 rings (SSSR count). The molecule has 0 aromatic carbocycles. The van der Waals surface area contributed by atoms with Crippen LogP contribution >= 0.6 is 0 Å². The lowest BCUT2D eigenvalue weighted by molar-refractivity contribution is 0.522. The van der Waals surface area contributed by atoms with E-state index in [1.54, 1.807) is 0 Å². The van der Waals surface area contributed by atoms with Crippen LogP contribution in [0.25, 0.3) is 0 Å². The average molecular weight is 244 g/mol. The lowest BCUT2D eigenvalue weighted by Gasteiger charge is -2.10. The largest absolute Gasteiger partial charge is 0.324 e. The second-order valence-corrected chi connectivity index (χ2v) is 4.92. The number of pyridine rings is 1. The van der Waals surface area contributed by atoms with E-state index in [1.807, 2.05) is 42.2 Å². The maximum Gasteiger partial charge on any atom is 0.0643 e. The molecule has 0 radical (unpaired) electrons. The average Bonchev–Trinajstić information content (AvgIpc) is 2.78. The third kappa shape index (κ3) is 2.96. The van der Waals surface area contributed by atoms with E-state index in [1.165, 1.54) is 0 Å². The van der Waals surface area contributed by atoms with E-state index in [0.29, 0.717) is 6.04 Å². The molecule has 1 unspecified atom stereocenters. The topological polar surface area (TPSA) is 56.7 Å². The van der Waals surface area contributed by atoms with Gasteiger partial charge in [0.25, 0.3) is 0 Å². The van der Waals surface area contributed by atoms with Crippen molar-refractivity contribution < 1.29 is 0 Å². The fourth-order valence-corrected chi connectivity index (χ4v) is 1.82. The van der Waals surface area contributed by atoms with Crippen molar-refractivity contribution in [3.8, 4) is 0 Å². The van der Waals surface area contributed by atoms with E-state index in [4.69, 9.17) is 5.73 Å². The summed E-state index contributed by atoms with van der Waals surface area (Å²) in [4.78, 5) is 4.27. The molecule has 0 aliphatic rings. The summed E-state index contributed by atoms with van der Waals surface area (Å²) in [5, 5.41) is 4.51. The Kier molecular flexibility index (Phi) is 3.77. The second-order valence-electron chi connectivity index (χ2n) is 4.92. The Morgan fingerprint density at radius 3 is 2.61 bits per heavy atom. The van der Waals surface area contributed by atoms with E-state index in [-0.39, 0.29) is 6.04 Å². The third-order valence-electron chi connectivity index (χ3n) is 2.98. The smallest absolute Gasteiger partial charge is 0.0643 e. The summed E-state index contributed by atoms with van der Waals surface area (Å²) < 4.78 is 1.95. The zero-order chi connectivity index (χ0) is 13.1. The first-order valence-corrected chi connectivity index (χ1v) is 6.28. The maximum atomic E-state index is 6.17. The highest BCUT2D eigenvalue weighted by molar-refractivity contribution is 5.18. The van der Waals surface area contributed by atoms with Crippen molar-refractivity contribution >= 4 is 0 Å². The van der Waals surface area contributed by atoms with Gasteiger partial charge in [-0.25, -0.2) is 0 Å². The van der Waals surface area contributed by atoms with Gasteiger partial charge in [0.2, 0.25) is 0 Å². The zero-order valence-corrected chi connectivity index (χ0v) is 11.2. The van der Waals surface area contributed by atoms with E-state index in [0.717, 1.165) is 23.4 Å². The third-order valence-corrected chi connectivity index (χ3v) is 2.98. The second kappa shape index (κ2) is 5.31. The van der Waals surface area contributed by atoms with E-state index >= 15 is 0 Å². The maximum absolute atomic E-state index is 6.17. The molecule has 0 saturated heterocycles. The van der Waals surface area contributed by atoms with Crippen LogP contribution in [0.15, 0.2) is 30.6 Å². The first-order valence-electron chi connectivity index (χ1n) is 6.28. The highest BCUT2D eigenvalue weighted by Crippen LogP contribution is 2.15. The van der Waals surface area contributed by atoms with Crippen molar-refractivity contribution in [3.63, 3.8) is 0 Å². The van der Waals surface area contributed by atoms with E-state index in [2.05, 4.69) is 23.9 Å². The molecule has 0 bridgehead atoms. The Morgan fingerprint density at radius 1 is 1.28 bits per heavy atom. The lowest BCUT2D eigenvalue weighted by Crippen LogP contribution is -2.14. The fraction of sp³-hybridized carbons (Fsp3) is 0.429. The SMILES string of the molecule is Cc1ccc(C(N)Cc2ccn(C(C)C)n2)cn1. The van der Waals surface area contributed by atoms with Crippen LogP contribution in [0.1, 0.15) is 42.9 Å². The number of nitrogens with zero attached hydrogens (tertiary/aromatic N) is 3. The van der Waals surface area contributed by atoms with Crippen molar-refractivity contribution in [2.75, 3.05) is 0 Å². The Hall–Kier alpha value is -1.68. The molecule has 2 heterocycles. The molecule has 0 fully saturated rings. The van der Waals surface area contributed by atoms with Gasteiger partial charge in [0.05, 0.1) is 5.69 Å². The van der Waals surface area contributed by atoms with Gasteiger partial charge in [0.15, 0.2) is 0 Å². The Balaban J connectivity index is 2.06. The minimum Gasteiger partial charge on any atom is -0.324 e. The van der Waals surface area contributed by atoms with Crippen LogP contribution in [0, 0.1) is 6.92 Å². The molecule has 4 nitrogen and oxygen atoms in total. The van der Waals surface area contributed by atoms with Crippen LogP contribution in [0.2, 0.25) is 0 Å². The van der Waals surface area contributed by atoms with Crippen molar-refractivity contribution in [2.45, 2.75) is 39.3 Å². The number of aromatic nitrogens is 3. The summed E-state index contributed by atoms with van der Waals surface area (Å²) in [7, 11) is 0. The van der Waals surface area contributed by atoms with Gasteiger partial charge in [0.1, 0.15) is 0 Å². The van der Waals surface area contributed by atoms with Crippen LogP contribution in [-0.2, 0) is 6.42 Å². The summed E-state index contributed by atoms with van der Waals surface area (Å²) in [6.45, 7) is 6.20. The number of aryl methyl sites for hydroxylation is 1. The monoisotopic (exact) mass is 244 g/mol. The van der Waals surface area contributed by atoms with Crippen molar-refractivity contribution in [1.82, 2.24) is 14.8 Å². The highest BCUT2D eigenvalue weighted by Gasteiger charge is 2.10. The van der Waals surface area contributed by atoms with Crippen LogP contribution in [0.3, 0.4) is 0 Å². The molecule has 0 aliphatic carbocycles. The van der Waals surface area contributed by atoms with Crippen molar-refractivity contribution in [1.29, 1.82) is 0 Å². The Bertz CT molecular complexity index is 499. The number of nitrogens with two attached hydrogens (primary N) is 1. The number of rotatable bonds is 4. The van der Waals surface area contributed by atoms with Crippen LogP contribution < -0.4 is 5.73 Å². The van der Waals surface area contributed by atoms with Gasteiger partial charge in [-0.1, -0.05) is 6.07 Å². The summed E-state index contributed by atoms with van der Waals surface area (Å²) in [5.41, 5.74) is 9.26. The standard InChI is InChI=1S/C14H20N4/c1-10(2)18-7-6-13(17-18)8-14(15)12-5-4-11(3)16-9-12/h4-7,9-10,14H,8,15H2,1-3H3. The highest BCUT2D eigenvalue weighted by atomic mass is 15.3. The van der Waals surface area contributed by atoms with Gasteiger partial charge in [-0.2, -0.15) is 5.10 Å². The van der Waals surface area contributed by atoms with Gasteiger partial charge in [0, 0.05) is 36.6 Å². The first kappa shape index (κ1) is 12.8. The number of hydrogen-bond acceptors (Lipinski definition) is 3. The molecule has 0 aliphatic heterocycles. The van der Waals surface area contributed by atoms with Crippen LogP contribution in [0.4, 0.5) is 0 Å². The molecule has 4 heteroatoms. The fourth-order valence-electron chi connectivity index (χ4n) is 1.82. The lowest BCUT2D eigenvalue weighted by atomic mass is 10.0. The summed E-state index contributed by atoms with van der Waals surface area (Å²) in [6.07, 6.45) is 4.59. The van der Waals surface area contributed by atoms with Crippen molar-refractivity contribution in [3.05, 3.63) is 47.5 Å². The molecule has 2 N–H and O–H groups in total. The minimum atomic E-state index is -0.0476. The van der Waals surface area contributed by atoms with Gasteiger partial charge < -0.3 is 5.73 Å². The number of hydrogen-bond donors (Lipinski definition) is 1. The molecule has 1 atom stereocenters. The quantitative estimate of drug-likeness (QED) is 0.898. The Labute approximate surface area is 108 Å². The Morgan fingerprint density at radius 2 is 2.06 bits per heavy atom. The summed E-state index contributed by atoms with van der Waals surface area (Å²) in [6, 6.07) is 6.39. The normalized spacial score (nSPS) is 12.9. The predicted molar refractivity (Wildman–Crippen MR) is 72.2 cm³/mol. The van der Waals surface area contributed by atoms with E-state index in [9.17, 15) is 0 Å². The van der Waals surface area contributed by atoms with Gasteiger partial charge >= 0.3 is 0 Å². The van der Waals surface area contributed by atoms with Crippen LogP contribution in [0.5, 0.6) is 0 Å². The molecule has 0 saturated carbocycles. The van der Waals surface area contributed by atoms with Gasteiger partial charge in [-0.05, 0) is 38.5 Å². The van der Waals surface area contributed by atoms with Crippen LogP contribution in [-0.4, -0.2) is 14.8 Å². The molecule has 18 heavy (non-hydrogen) atoms. The molecular weight excluding hydrogens is 224 g/mol. The molecule has 2 aromatic heterocycles. The molecular formula is C14H20N4.